The number of fused-ring (bicyclic) bond motifs is 1. The second-order valence-electron chi connectivity index (χ2n) is 4.56. The summed E-state index contributed by atoms with van der Waals surface area (Å²) in [7, 11) is 0. The molecule has 1 saturated carbocycles. The Morgan fingerprint density at radius 2 is 2.12 bits per heavy atom. The van der Waals surface area contributed by atoms with Gasteiger partial charge in [-0.2, -0.15) is 0 Å². The number of ketones is 1. The zero-order valence-electron chi connectivity index (χ0n) is 9.34. The summed E-state index contributed by atoms with van der Waals surface area (Å²) in [6.07, 6.45) is 2.61. The number of para-hydroxylation sites is 1. The number of aliphatic hydroxyl groups excluding tert-OH is 1. The summed E-state index contributed by atoms with van der Waals surface area (Å²) in [4.78, 5) is 16.2. The lowest BCUT2D eigenvalue weighted by Crippen LogP contribution is -2.22. The summed E-state index contributed by atoms with van der Waals surface area (Å²) in [5.74, 6) is -0.0419. The van der Waals surface area contributed by atoms with Gasteiger partial charge in [0.25, 0.3) is 0 Å². The van der Waals surface area contributed by atoms with Gasteiger partial charge < -0.3 is 5.11 Å². The molecule has 86 valence electrons. The van der Waals surface area contributed by atoms with Crippen LogP contribution in [0.3, 0.4) is 0 Å². The van der Waals surface area contributed by atoms with Crippen molar-refractivity contribution >= 4 is 16.7 Å². The molecule has 1 unspecified atom stereocenters. The van der Waals surface area contributed by atoms with Gasteiger partial charge in [0.1, 0.15) is 6.10 Å². The third-order valence-electron chi connectivity index (χ3n) is 3.21. The molecular weight excluding hydrogens is 214 g/mol. The number of hydrogen-bond donors (Lipinski definition) is 1. The molecular formula is C14H13NO2. The Bertz CT molecular complexity index is 575. The second kappa shape index (κ2) is 3.93. The molecule has 0 spiro atoms. The molecule has 1 aliphatic carbocycles. The van der Waals surface area contributed by atoms with Gasteiger partial charge in [0.15, 0.2) is 5.78 Å². The largest absolute Gasteiger partial charge is 0.385 e. The number of Topliss-reactive ketones (excluding diaryl/α,β-unsaturated/α-hetero) is 1. The Balaban J connectivity index is 1.97. The van der Waals surface area contributed by atoms with Crippen molar-refractivity contribution in [1.29, 1.82) is 0 Å². The summed E-state index contributed by atoms with van der Waals surface area (Å²) in [5, 5.41) is 10.7. The molecule has 1 atom stereocenters. The first kappa shape index (κ1) is 10.4. The number of benzene rings is 1. The molecule has 1 fully saturated rings. The van der Waals surface area contributed by atoms with E-state index in [0.29, 0.717) is 5.56 Å². The predicted octanol–water partition coefficient (Wildman–Crippen LogP) is 2.19. The highest BCUT2D eigenvalue weighted by Gasteiger charge is 2.35. The quantitative estimate of drug-likeness (QED) is 0.818. The molecule has 0 bridgehead atoms. The van der Waals surface area contributed by atoms with Gasteiger partial charge in [0.2, 0.25) is 0 Å². The maximum Gasteiger partial charge on any atom is 0.193 e. The van der Waals surface area contributed by atoms with Crippen molar-refractivity contribution in [3.63, 3.8) is 0 Å². The predicted molar refractivity (Wildman–Crippen MR) is 64.8 cm³/mol. The molecule has 3 nitrogen and oxygen atoms in total. The molecule has 3 rings (SSSR count). The fourth-order valence-electron chi connectivity index (χ4n) is 2.00. The summed E-state index contributed by atoms with van der Waals surface area (Å²) in [6, 6.07) is 9.45. The third kappa shape index (κ3) is 1.94. The SMILES string of the molecule is O=C(c1cnc2ccccc2c1)C(O)C1CC1. The molecule has 0 saturated heterocycles. The van der Waals surface area contributed by atoms with Gasteiger partial charge >= 0.3 is 0 Å². The molecule has 1 aromatic carbocycles. The monoisotopic (exact) mass is 227 g/mol. The standard InChI is InChI=1S/C14H13NO2/c16-13(9-5-6-9)14(17)11-7-10-3-1-2-4-12(10)15-8-11/h1-4,7-9,13,16H,5-6H2. The van der Waals surface area contributed by atoms with Crippen molar-refractivity contribution in [3.05, 3.63) is 42.1 Å². The highest BCUT2D eigenvalue weighted by atomic mass is 16.3. The zero-order valence-corrected chi connectivity index (χ0v) is 9.34. The van der Waals surface area contributed by atoms with Crippen LogP contribution in [0.1, 0.15) is 23.2 Å². The van der Waals surface area contributed by atoms with Crippen LogP contribution < -0.4 is 0 Å². The molecule has 1 aromatic heterocycles. The van der Waals surface area contributed by atoms with E-state index in [0.717, 1.165) is 23.7 Å². The van der Waals surface area contributed by atoms with E-state index >= 15 is 0 Å². The van der Waals surface area contributed by atoms with Crippen molar-refractivity contribution in [3.8, 4) is 0 Å². The highest BCUT2D eigenvalue weighted by Crippen LogP contribution is 2.34. The average molecular weight is 227 g/mol. The molecule has 3 heteroatoms. The molecule has 1 aliphatic rings. The first-order chi connectivity index (χ1) is 8.25. The Kier molecular flexibility index (Phi) is 2.41. The van der Waals surface area contributed by atoms with Crippen LogP contribution in [-0.4, -0.2) is 22.0 Å². The normalized spacial score (nSPS) is 17.0. The van der Waals surface area contributed by atoms with Gasteiger partial charge in [-0.1, -0.05) is 18.2 Å². The fraction of sp³-hybridized carbons (Fsp3) is 0.286. The molecule has 1 heterocycles. The first-order valence-electron chi connectivity index (χ1n) is 5.83. The van der Waals surface area contributed by atoms with E-state index in [1.807, 2.05) is 24.3 Å². The van der Waals surface area contributed by atoms with Crippen LogP contribution in [-0.2, 0) is 0 Å². The Labute approximate surface area is 99.1 Å². The van der Waals surface area contributed by atoms with Crippen LogP contribution in [0.15, 0.2) is 36.5 Å². The maximum atomic E-state index is 12.0. The summed E-state index contributed by atoms with van der Waals surface area (Å²) >= 11 is 0. The van der Waals surface area contributed by atoms with Crippen LogP contribution in [0.5, 0.6) is 0 Å². The number of hydrogen-bond acceptors (Lipinski definition) is 3. The zero-order chi connectivity index (χ0) is 11.8. The minimum atomic E-state index is -0.849. The van der Waals surface area contributed by atoms with Crippen molar-refractivity contribution in [2.75, 3.05) is 0 Å². The van der Waals surface area contributed by atoms with E-state index in [1.54, 1.807) is 12.3 Å². The topological polar surface area (TPSA) is 50.2 Å². The van der Waals surface area contributed by atoms with E-state index in [2.05, 4.69) is 4.98 Å². The van der Waals surface area contributed by atoms with Gasteiger partial charge in [-0.05, 0) is 30.9 Å². The minimum absolute atomic E-state index is 0.161. The lowest BCUT2D eigenvalue weighted by Gasteiger charge is -2.08. The summed E-state index contributed by atoms with van der Waals surface area (Å²) in [5.41, 5.74) is 1.37. The van der Waals surface area contributed by atoms with E-state index in [9.17, 15) is 9.90 Å². The van der Waals surface area contributed by atoms with E-state index in [-0.39, 0.29) is 11.7 Å². The van der Waals surface area contributed by atoms with Crippen molar-refractivity contribution in [1.82, 2.24) is 4.98 Å². The van der Waals surface area contributed by atoms with Gasteiger partial charge in [-0.25, -0.2) is 0 Å². The second-order valence-corrected chi connectivity index (χ2v) is 4.56. The van der Waals surface area contributed by atoms with Gasteiger partial charge in [0, 0.05) is 17.1 Å². The summed E-state index contributed by atoms with van der Waals surface area (Å²) in [6.45, 7) is 0. The molecule has 0 aliphatic heterocycles. The molecule has 0 amide bonds. The van der Waals surface area contributed by atoms with Gasteiger partial charge in [-0.3, -0.25) is 9.78 Å². The Hall–Kier alpha value is -1.74. The summed E-state index contributed by atoms with van der Waals surface area (Å²) < 4.78 is 0. The number of nitrogens with zero attached hydrogens (tertiary/aromatic N) is 1. The van der Waals surface area contributed by atoms with E-state index < -0.39 is 6.10 Å². The minimum Gasteiger partial charge on any atom is -0.385 e. The number of rotatable bonds is 3. The van der Waals surface area contributed by atoms with Crippen LogP contribution in [0, 0.1) is 5.92 Å². The van der Waals surface area contributed by atoms with Crippen LogP contribution >= 0.6 is 0 Å². The number of carbonyl (C=O) groups is 1. The number of aromatic nitrogens is 1. The number of carbonyl (C=O) groups excluding carboxylic acids is 1. The van der Waals surface area contributed by atoms with Crippen LogP contribution in [0.25, 0.3) is 10.9 Å². The maximum absolute atomic E-state index is 12.0. The molecule has 2 aromatic rings. The van der Waals surface area contributed by atoms with Gasteiger partial charge in [-0.15, -0.1) is 0 Å². The fourth-order valence-corrected chi connectivity index (χ4v) is 2.00. The number of pyridine rings is 1. The lowest BCUT2D eigenvalue weighted by atomic mass is 10.0. The Morgan fingerprint density at radius 3 is 2.88 bits per heavy atom. The molecule has 1 N–H and O–H groups in total. The highest BCUT2D eigenvalue weighted by molar-refractivity contribution is 6.01. The van der Waals surface area contributed by atoms with E-state index in [1.165, 1.54) is 0 Å². The first-order valence-corrected chi connectivity index (χ1v) is 5.83. The lowest BCUT2D eigenvalue weighted by molar-refractivity contribution is 0.0704. The van der Waals surface area contributed by atoms with E-state index in [4.69, 9.17) is 0 Å². The number of aliphatic hydroxyl groups is 1. The third-order valence-corrected chi connectivity index (χ3v) is 3.21. The van der Waals surface area contributed by atoms with Crippen molar-refractivity contribution in [2.45, 2.75) is 18.9 Å². The smallest absolute Gasteiger partial charge is 0.193 e. The van der Waals surface area contributed by atoms with Crippen LogP contribution in [0.2, 0.25) is 0 Å². The van der Waals surface area contributed by atoms with Crippen molar-refractivity contribution in [2.24, 2.45) is 5.92 Å². The van der Waals surface area contributed by atoms with Gasteiger partial charge in [0.05, 0.1) is 5.52 Å². The molecule has 17 heavy (non-hydrogen) atoms. The average Bonchev–Trinajstić information content (AvgIpc) is 3.21. The van der Waals surface area contributed by atoms with Crippen molar-refractivity contribution < 1.29 is 9.90 Å². The molecule has 0 radical (unpaired) electrons. The van der Waals surface area contributed by atoms with Crippen LogP contribution in [0.4, 0.5) is 0 Å². The Morgan fingerprint density at radius 1 is 1.35 bits per heavy atom.